The minimum absolute atomic E-state index is 0.0207. The first-order valence-corrected chi connectivity index (χ1v) is 9.95. The zero-order valence-electron chi connectivity index (χ0n) is 15.2. The Morgan fingerprint density at radius 2 is 1.89 bits per heavy atom. The van der Waals surface area contributed by atoms with E-state index in [1.165, 1.54) is 0 Å². The molecule has 0 spiro atoms. The number of hydrogen-bond acceptors (Lipinski definition) is 4. The summed E-state index contributed by atoms with van der Waals surface area (Å²) >= 11 is 0. The van der Waals surface area contributed by atoms with E-state index in [9.17, 15) is 8.42 Å². The molecule has 1 N–H and O–H groups in total. The van der Waals surface area contributed by atoms with Gasteiger partial charge < -0.3 is 4.74 Å². The number of nitrogens with one attached hydrogen (secondary N) is 1. The number of pyridine rings is 1. The van der Waals surface area contributed by atoms with Gasteiger partial charge in [0, 0.05) is 11.6 Å². The number of rotatable bonds is 5. The number of ether oxygens (including phenoxy) is 1. The monoisotopic (exact) mass is 380 g/mol. The minimum atomic E-state index is -3.58. The SMILES string of the molecule is Cc1ccc(C)c(S(=O)(=O)NCC#CCOc2cccc3cccnc23)c1. The Morgan fingerprint density at radius 1 is 1.07 bits per heavy atom. The molecule has 3 rings (SSSR count). The Kier molecular flexibility index (Phi) is 5.75. The van der Waals surface area contributed by atoms with Gasteiger partial charge in [-0.05, 0) is 43.2 Å². The fourth-order valence-corrected chi connectivity index (χ4v) is 3.88. The van der Waals surface area contributed by atoms with Crippen LogP contribution in [0.25, 0.3) is 10.9 Å². The highest BCUT2D eigenvalue weighted by Gasteiger charge is 2.15. The molecule has 0 atom stereocenters. The van der Waals surface area contributed by atoms with Crippen molar-refractivity contribution in [3.63, 3.8) is 0 Å². The second kappa shape index (κ2) is 8.21. The first-order valence-electron chi connectivity index (χ1n) is 8.46. The predicted molar refractivity (Wildman–Crippen MR) is 106 cm³/mol. The smallest absolute Gasteiger partial charge is 0.241 e. The lowest BCUT2D eigenvalue weighted by Gasteiger charge is -2.08. The summed E-state index contributed by atoms with van der Waals surface area (Å²) in [6, 6.07) is 14.8. The number of hydrogen-bond donors (Lipinski definition) is 1. The first-order chi connectivity index (χ1) is 13.0. The van der Waals surface area contributed by atoms with E-state index in [-0.39, 0.29) is 18.0 Å². The normalized spacial score (nSPS) is 11.0. The fraction of sp³-hybridized carbons (Fsp3) is 0.190. The summed E-state index contributed by atoms with van der Waals surface area (Å²) in [7, 11) is -3.58. The molecule has 0 fully saturated rings. The average Bonchev–Trinajstić information content (AvgIpc) is 2.66. The van der Waals surface area contributed by atoms with E-state index in [0.717, 1.165) is 16.5 Å². The summed E-state index contributed by atoms with van der Waals surface area (Å²) in [6.45, 7) is 3.80. The van der Waals surface area contributed by atoms with Gasteiger partial charge in [-0.1, -0.05) is 42.2 Å². The molecule has 0 saturated heterocycles. The van der Waals surface area contributed by atoms with E-state index in [1.807, 2.05) is 43.3 Å². The van der Waals surface area contributed by atoms with Crippen LogP contribution in [0.2, 0.25) is 0 Å². The van der Waals surface area contributed by atoms with E-state index >= 15 is 0 Å². The van der Waals surface area contributed by atoms with Crippen LogP contribution in [0.3, 0.4) is 0 Å². The number of nitrogens with zero attached hydrogens (tertiary/aromatic N) is 1. The van der Waals surface area contributed by atoms with E-state index in [0.29, 0.717) is 11.3 Å². The van der Waals surface area contributed by atoms with Crippen molar-refractivity contribution in [3.05, 3.63) is 65.9 Å². The molecule has 1 heterocycles. The van der Waals surface area contributed by atoms with Gasteiger partial charge in [0.2, 0.25) is 10.0 Å². The zero-order valence-corrected chi connectivity index (χ0v) is 16.0. The summed E-state index contributed by atoms with van der Waals surface area (Å²) in [4.78, 5) is 4.59. The van der Waals surface area contributed by atoms with E-state index < -0.39 is 10.0 Å². The van der Waals surface area contributed by atoms with Crippen LogP contribution in [-0.2, 0) is 10.0 Å². The van der Waals surface area contributed by atoms with Crippen molar-refractivity contribution in [1.82, 2.24) is 9.71 Å². The van der Waals surface area contributed by atoms with Crippen LogP contribution >= 0.6 is 0 Å². The summed E-state index contributed by atoms with van der Waals surface area (Å²) in [5, 5.41) is 0.990. The van der Waals surface area contributed by atoms with E-state index in [4.69, 9.17) is 4.74 Å². The highest BCUT2D eigenvalue weighted by atomic mass is 32.2. The summed E-state index contributed by atoms with van der Waals surface area (Å²) in [6.07, 6.45) is 1.71. The molecule has 0 bridgehead atoms. The van der Waals surface area contributed by atoms with Crippen LogP contribution in [0.1, 0.15) is 11.1 Å². The van der Waals surface area contributed by atoms with Crippen molar-refractivity contribution in [2.24, 2.45) is 0 Å². The predicted octanol–water partition coefficient (Wildman–Crippen LogP) is 3.21. The molecule has 0 radical (unpaired) electrons. The van der Waals surface area contributed by atoms with Gasteiger partial charge >= 0.3 is 0 Å². The van der Waals surface area contributed by atoms with Crippen molar-refractivity contribution in [2.45, 2.75) is 18.7 Å². The lowest BCUT2D eigenvalue weighted by molar-refractivity contribution is 0.374. The maximum absolute atomic E-state index is 12.4. The largest absolute Gasteiger partial charge is 0.479 e. The van der Waals surface area contributed by atoms with Crippen molar-refractivity contribution in [3.8, 4) is 17.6 Å². The Bertz CT molecular complexity index is 1120. The Hall–Kier alpha value is -2.88. The molecule has 0 unspecified atom stereocenters. The molecule has 0 aliphatic rings. The minimum Gasteiger partial charge on any atom is -0.479 e. The molecule has 5 nitrogen and oxygen atoms in total. The van der Waals surface area contributed by atoms with Crippen LogP contribution < -0.4 is 9.46 Å². The van der Waals surface area contributed by atoms with Gasteiger partial charge in [-0.15, -0.1) is 0 Å². The van der Waals surface area contributed by atoms with Gasteiger partial charge in [-0.25, -0.2) is 8.42 Å². The Balaban J connectivity index is 1.59. The van der Waals surface area contributed by atoms with E-state index in [2.05, 4.69) is 21.5 Å². The van der Waals surface area contributed by atoms with Crippen LogP contribution in [0.15, 0.2) is 59.6 Å². The van der Waals surface area contributed by atoms with Gasteiger partial charge in [0.15, 0.2) is 0 Å². The lowest BCUT2D eigenvalue weighted by atomic mass is 10.2. The molecule has 0 amide bonds. The standard InChI is InChI=1S/C21H20N2O3S/c1-16-10-11-17(2)20(15-16)27(24,25)23-13-3-4-14-26-19-9-5-7-18-8-6-12-22-21(18)19/h5-12,15,23H,13-14H2,1-2H3. The average molecular weight is 380 g/mol. The summed E-state index contributed by atoms with van der Waals surface area (Å²) < 4.78 is 32.9. The number of benzene rings is 2. The molecule has 138 valence electrons. The number of fused-ring (bicyclic) bond motifs is 1. The molecule has 27 heavy (non-hydrogen) atoms. The zero-order chi connectivity index (χ0) is 19.3. The number of para-hydroxylation sites is 1. The maximum Gasteiger partial charge on any atom is 0.241 e. The van der Waals surface area contributed by atoms with Crippen molar-refractivity contribution in [2.75, 3.05) is 13.2 Å². The highest BCUT2D eigenvalue weighted by Crippen LogP contribution is 2.22. The third-order valence-electron chi connectivity index (χ3n) is 4.00. The van der Waals surface area contributed by atoms with Gasteiger partial charge in [-0.3, -0.25) is 4.98 Å². The van der Waals surface area contributed by atoms with Crippen LogP contribution in [-0.4, -0.2) is 26.6 Å². The molecule has 0 saturated carbocycles. The quantitative estimate of drug-likeness (QED) is 0.690. The molecule has 1 aromatic heterocycles. The molecule has 2 aromatic carbocycles. The molecular weight excluding hydrogens is 360 g/mol. The molecular formula is C21H20N2O3S. The fourth-order valence-electron chi connectivity index (χ4n) is 2.63. The van der Waals surface area contributed by atoms with Gasteiger partial charge in [0.05, 0.1) is 11.4 Å². The van der Waals surface area contributed by atoms with Crippen LogP contribution in [0.5, 0.6) is 5.75 Å². The number of aromatic nitrogens is 1. The maximum atomic E-state index is 12.4. The molecule has 0 aliphatic carbocycles. The summed E-state index contributed by atoms with van der Waals surface area (Å²) in [5.74, 6) is 6.25. The lowest BCUT2D eigenvalue weighted by Crippen LogP contribution is -2.24. The number of aryl methyl sites for hydroxylation is 2. The molecule has 6 heteroatoms. The number of sulfonamides is 1. The Morgan fingerprint density at radius 3 is 2.74 bits per heavy atom. The molecule has 0 aliphatic heterocycles. The van der Waals surface area contributed by atoms with Crippen molar-refractivity contribution < 1.29 is 13.2 Å². The summed E-state index contributed by atoms with van der Waals surface area (Å²) in [5.41, 5.74) is 2.37. The second-order valence-electron chi connectivity index (χ2n) is 6.07. The third-order valence-corrected chi connectivity index (χ3v) is 5.55. The second-order valence-corrected chi connectivity index (χ2v) is 7.80. The third kappa shape index (κ3) is 4.64. The van der Waals surface area contributed by atoms with Crippen LogP contribution in [0, 0.1) is 25.7 Å². The highest BCUT2D eigenvalue weighted by molar-refractivity contribution is 7.89. The van der Waals surface area contributed by atoms with Gasteiger partial charge in [-0.2, -0.15) is 4.72 Å². The van der Waals surface area contributed by atoms with Gasteiger partial charge in [0.1, 0.15) is 17.9 Å². The van der Waals surface area contributed by atoms with E-state index in [1.54, 1.807) is 25.3 Å². The topological polar surface area (TPSA) is 68.3 Å². The van der Waals surface area contributed by atoms with Crippen LogP contribution in [0.4, 0.5) is 0 Å². The molecule has 3 aromatic rings. The van der Waals surface area contributed by atoms with Crippen molar-refractivity contribution >= 4 is 20.9 Å². The Labute approximate surface area is 159 Å². The van der Waals surface area contributed by atoms with Crippen molar-refractivity contribution in [1.29, 1.82) is 0 Å². The van der Waals surface area contributed by atoms with Gasteiger partial charge in [0.25, 0.3) is 0 Å². The first kappa shape index (κ1) is 18.9.